The number of nitrogens with zero attached hydrogens (tertiary/aromatic N) is 3. The third kappa shape index (κ3) is 6.05. The molecule has 10 heteroatoms. The van der Waals surface area contributed by atoms with Gasteiger partial charge in [-0.05, 0) is 73.9 Å². The maximum Gasteiger partial charge on any atom is 0.417 e. The fraction of sp³-hybridized carbons (Fsp3) is 0.357. The Kier molecular flexibility index (Phi) is 9.27. The third-order valence-corrected chi connectivity index (χ3v) is 6.86. The molecular weight excluding hydrogens is 517 g/mol. The highest BCUT2D eigenvalue weighted by molar-refractivity contribution is 6.30. The molecule has 0 unspecified atom stereocenters. The monoisotopic (exact) mass is 548 g/mol. The quantitative estimate of drug-likeness (QED) is 0.357. The molecule has 1 amide bonds. The summed E-state index contributed by atoms with van der Waals surface area (Å²) in [5.41, 5.74) is 2.61. The number of pyridine rings is 1. The second-order valence-electron chi connectivity index (χ2n) is 8.98. The van der Waals surface area contributed by atoms with Crippen LogP contribution < -0.4 is 15.8 Å². The number of aryl methyl sites for hydroxylation is 1. The number of carbonyl (C=O) groups is 1. The highest BCUT2D eigenvalue weighted by Gasteiger charge is 2.38. The molecule has 3 N–H and O–H groups in total. The van der Waals surface area contributed by atoms with Gasteiger partial charge in [0.25, 0.3) is 5.91 Å². The number of carbonyl (C=O) groups excluding carboxylic acids is 1. The Bertz CT molecular complexity index is 1290. The van der Waals surface area contributed by atoms with Crippen molar-refractivity contribution < 1.29 is 22.7 Å². The van der Waals surface area contributed by atoms with Gasteiger partial charge in [-0.15, -0.1) is 0 Å². The fourth-order valence-electron chi connectivity index (χ4n) is 4.82. The number of anilines is 1. The number of ether oxygens (including phenoxy) is 1. The molecule has 38 heavy (non-hydrogen) atoms. The lowest BCUT2D eigenvalue weighted by molar-refractivity contribution is -0.138. The summed E-state index contributed by atoms with van der Waals surface area (Å²) < 4.78 is 46.5. The molecule has 0 bridgehead atoms. The maximum absolute atomic E-state index is 13.6. The Morgan fingerprint density at radius 2 is 1.89 bits per heavy atom. The summed E-state index contributed by atoms with van der Waals surface area (Å²) in [5.74, 6) is -0.0506. The largest absolute Gasteiger partial charge is 0.478 e. The minimum atomic E-state index is -4.67. The van der Waals surface area contributed by atoms with E-state index in [2.05, 4.69) is 22.0 Å². The molecule has 1 atom stereocenters. The lowest BCUT2D eigenvalue weighted by atomic mass is 10.00. The van der Waals surface area contributed by atoms with Crippen molar-refractivity contribution >= 4 is 23.2 Å². The van der Waals surface area contributed by atoms with Crippen LogP contribution >= 0.6 is 11.6 Å². The average Bonchev–Trinajstić information content (AvgIpc) is 2.88. The molecule has 6 nitrogen and oxygen atoms in total. The number of aromatic nitrogens is 1. The van der Waals surface area contributed by atoms with Gasteiger partial charge in [-0.2, -0.15) is 13.2 Å². The second-order valence-corrected chi connectivity index (χ2v) is 9.42. The number of hydrogen-bond donors (Lipinski definition) is 1. The molecule has 1 fully saturated rings. The van der Waals surface area contributed by atoms with Crippen molar-refractivity contribution in [1.29, 1.82) is 0 Å². The van der Waals surface area contributed by atoms with E-state index in [0.717, 1.165) is 34.9 Å². The van der Waals surface area contributed by atoms with Crippen LogP contribution in [0.15, 0.2) is 54.7 Å². The molecule has 1 saturated heterocycles. The van der Waals surface area contributed by atoms with Gasteiger partial charge in [0, 0.05) is 48.1 Å². The minimum absolute atomic E-state index is 0. The van der Waals surface area contributed by atoms with Crippen molar-refractivity contribution in [2.75, 3.05) is 31.1 Å². The van der Waals surface area contributed by atoms with E-state index < -0.39 is 17.6 Å². The van der Waals surface area contributed by atoms with Crippen LogP contribution in [0.3, 0.4) is 0 Å². The lowest BCUT2D eigenvalue weighted by Gasteiger charge is -2.43. The Balaban J connectivity index is 0.00000400. The Morgan fingerprint density at radius 3 is 2.55 bits per heavy atom. The van der Waals surface area contributed by atoms with E-state index in [1.54, 1.807) is 6.20 Å². The van der Waals surface area contributed by atoms with Crippen molar-refractivity contribution in [3.05, 3.63) is 76.4 Å². The molecule has 0 spiro atoms. The minimum Gasteiger partial charge on any atom is -0.478 e. The number of piperazine rings is 1. The van der Waals surface area contributed by atoms with Gasteiger partial charge in [0.05, 0.1) is 17.7 Å². The van der Waals surface area contributed by atoms with E-state index in [4.69, 9.17) is 16.3 Å². The molecular formula is C28H32ClF3N4O2. The number of alkyl halides is 3. The van der Waals surface area contributed by atoms with E-state index in [1.165, 1.54) is 17.0 Å². The number of amides is 1. The number of rotatable bonds is 6. The summed E-state index contributed by atoms with van der Waals surface area (Å²) >= 11 is 5.79. The highest BCUT2D eigenvalue weighted by Crippen LogP contribution is 2.36. The van der Waals surface area contributed by atoms with Crippen LogP contribution in [0.4, 0.5) is 18.9 Å². The van der Waals surface area contributed by atoms with Crippen LogP contribution in [0, 0.1) is 6.92 Å². The van der Waals surface area contributed by atoms with E-state index in [1.807, 2.05) is 39.0 Å². The number of hydrogen-bond acceptors (Lipinski definition) is 5. The topological polar surface area (TPSA) is 80.7 Å². The van der Waals surface area contributed by atoms with Crippen molar-refractivity contribution in [2.45, 2.75) is 39.4 Å². The Morgan fingerprint density at radius 1 is 1.13 bits per heavy atom. The molecule has 1 aromatic heterocycles. The van der Waals surface area contributed by atoms with Crippen LogP contribution in [0.1, 0.15) is 41.8 Å². The molecule has 204 valence electrons. The summed E-state index contributed by atoms with van der Waals surface area (Å²) in [6, 6.07) is 13.3. The fourth-order valence-corrected chi connectivity index (χ4v) is 4.99. The zero-order valence-electron chi connectivity index (χ0n) is 21.7. The first-order chi connectivity index (χ1) is 17.6. The van der Waals surface area contributed by atoms with Crippen molar-refractivity contribution in [1.82, 2.24) is 16.0 Å². The third-order valence-electron chi connectivity index (χ3n) is 6.63. The summed E-state index contributed by atoms with van der Waals surface area (Å²) in [5, 5.41) is -0.0567. The van der Waals surface area contributed by atoms with E-state index in [-0.39, 0.29) is 22.8 Å². The standard InChI is InChI=1S/C28H29ClF3N3O2.H3N/c1-4-21-17-34(27(36)23-10-9-20(29)16-24(23)28(30,31)32)13-14-35(21)25-11-8-19(15-18(25)3)22-7-6-12-33-26(22)37-5-2;/h6-12,15-16,21H,4-5,13-14,17H2,1-3H3;1H3/t21-;/m1./s1. The SMILES string of the molecule is CCOc1ncccc1-c1ccc(N2CCN(C(=O)c3ccc(Cl)cc3C(F)(F)F)C[C@H]2CC)c(C)c1.N. The van der Waals surface area contributed by atoms with Crippen molar-refractivity contribution in [3.8, 4) is 17.0 Å². The molecule has 2 heterocycles. The smallest absolute Gasteiger partial charge is 0.417 e. The first-order valence-electron chi connectivity index (χ1n) is 12.3. The zero-order chi connectivity index (χ0) is 26.7. The predicted molar refractivity (Wildman–Crippen MR) is 144 cm³/mol. The van der Waals surface area contributed by atoms with Gasteiger partial charge in [0.15, 0.2) is 0 Å². The average molecular weight is 549 g/mol. The van der Waals surface area contributed by atoms with Crippen LogP contribution in [-0.4, -0.2) is 48.1 Å². The zero-order valence-corrected chi connectivity index (χ0v) is 22.4. The van der Waals surface area contributed by atoms with Gasteiger partial charge in [0.2, 0.25) is 5.88 Å². The van der Waals surface area contributed by atoms with Gasteiger partial charge in [0.1, 0.15) is 0 Å². The van der Waals surface area contributed by atoms with Gasteiger partial charge in [-0.3, -0.25) is 4.79 Å². The Hall–Kier alpha value is -3.30. The van der Waals surface area contributed by atoms with Gasteiger partial charge in [-0.1, -0.05) is 24.6 Å². The summed E-state index contributed by atoms with van der Waals surface area (Å²) in [6.45, 7) is 7.63. The molecule has 3 aromatic rings. The summed E-state index contributed by atoms with van der Waals surface area (Å²) in [4.78, 5) is 21.3. The van der Waals surface area contributed by atoms with E-state index in [9.17, 15) is 18.0 Å². The number of halogens is 4. The molecule has 1 aliphatic rings. The predicted octanol–water partition coefficient (Wildman–Crippen LogP) is 7.03. The Labute approximate surface area is 226 Å². The molecule has 0 radical (unpaired) electrons. The van der Waals surface area contributed by atoms with Crippen molar-refractivity contribution in [2.24, 2.45) is 0 Å². The van der Waals surface area contributed by atoms with E-state index >= 15 is 0 Å². The van der Waals surface area contributed by atoms with Crippen molar-refractivity contribution in [3.63, 3.8) is 0 Å². The highest BCUT2D eigenvalue weighted by atomic mass is 35.5. The van der Waals surface area contributed by atoms with Crippen LogP contribution in [-0.2, 0) is 6.18 Å². The normalized spacial score (nSPS) is 15.7. The summed E-state index contributed by atoms with van der Waals surface area (Å²) in [7, 11) is 0. The molecule has 0 saturated carbocycles. The van der Waals surface area contributed by atoms with Crippen LogP contribution in [0.5, 0.6) is 5.88 Å². The maximum atomic E-state index is 13.6. The van der Waals surface area contributed by atoms with Gasteiger partial charge < -0.3 is 20.7 Å². The van der Waals surface area contributed by atoms with Crippen LogP contribution in [0.25, 0.3) is 11.1 Å². The molecule has 1 aliphatic heterocycles. The lowest BCUT2D eigenvalue weighted by Crippen LogP contribution is -2.55. The van der Waals surface area contributed by atoms with Crippen LogP contribution in [0.2, 0.25) is 5.02 Å². The summed E-state index contributed by atoms with van der Waals surface area (Å²) in [6.07, 6.45) is -2.24. The molecule has 2 aromatic carbocycles. The van der Waals surface area contributed by atoms with Gasteiger partial charge >= 0.3 is 6.18 Å². The van der Waals surface area contributed by atoms with Gasteiger partial charge in [-0.25, -0.2) is 4.98 Å². The number of benzene rings is 2. The first-order valence-corrected chi connectivity index (χ1v) is 12.6. The van der Waals surface area contributed by atoms with E-state index in [0.29, 0.717) is 32.1 Å². The second kappa shape index (κ2) is 12.0. The molecule has 4 rings (SSSR count). The molecule has 0 aliphatic carbocycles. The first kappa shape index (κ1) is 29.3.